The summed E-state index contributed by atoms with van der Waals surface area (Å²) >= 11 is 1.27. The molecule has 0 aromatic carbocycles. The highest BCUT2D eigenvalue weighted by Gasteiger charge is 2.30. The van der Waals surface area contributed by atoms with Gasteiger partial charge in [-0.2, -0.15) is 0 Å². The highest BCUT2D eigenvalue weighted by atomic mass is 32.1. The van der Waals surface area contributed by atoms with Crippen molar-refractivity contribution in [1.82, 2.24) is 9.80 Å². The van der Waals surface area contributed by atoms with Gasteiger partial charge in [0.25, 0.3) is 0 Å². The van der Waals surface area contributed by atoms with Crippen molar-refractivity contribution in [3.05, 3.63) is 28.7 Å². The number of likely N-dealkylation sites (tertiary alicyclic amines) is 1. The summed E-state index contributed by atoms with van der Waals surface area (Å²) in [6.45, 7) is 7.46. The lowest BCUT2D eigenvalue weighted by atomic mass is 10.2. The molecule has 6 nitrogen and oxygen atoms in total. The van der Waals surface area contributed by atoms with Gasteiger partial charge in [-0.3, -0.25) is 10.2 Å². The molecule has 2 aliphatic rings. The Hall–Kier alpha value is -1.86. The molecular weight excluding hydrogens is 326 g/mol. The number of anilines is 1. The van der Waals surface area contributed by atoms with Crippen molar-refractivity contribution < 1.29 is 14.3 Å². The summed E-state index contributed by atoms with van der Waals surface area (Å²) in [5, 5.41) is 3.60. The minimum Gasteiger partial charge on any atom is -0.462 e. The number of amides is 2. The predicted molar refractivity (Wildman–Crippen MR) is 94.7 cm³/mol. The van der Waals surface area contributed by atoms with E-state index in [-0.39, 0.29) is 12.0 Å². The van der Waals surface area contributed by atoms with E-state index >= 15 is 0 Å². The third-order valence-corrected chi connectivity index (χ3v) is 5.55. The van der Waals surface area contributed by atoms with Crippen LogP contribution in [0.5, 0.6) is 0 Å². The first-order chi connectivity index (χ1) is 11.6. The number of esters is 1. The molecule has 0 radical (unpaired) electrons. The third-order valence-electron chi connectivity index (χ3n) is 4.42. The molecule has 2 amide bonds. The Labute approximate surface area is 146 Å². The zero-order valence-electron chi connectivity index (χ0n) is 14.1. The van der Waals surface area contributed by atoms with Crippen LogP contribution in [0.1, 0.15) is 28.6 Å². The minimum atomic E-state index is -0.330. The lowest BCUT2D eigenvalue weighted by Gasteiger charge is -2.23. The van der Waals surface area contributed by atoms with Crippen molar-refractivity contribution in [2.45, 2.75) is 26.3 Å². The molecule has 0 aliphatic carbocycles. The van der Waals surface area contributed by atoms with E-state index in [1.165, 1.54) is 11.3 Å². The normalized spacial score (nSPS) is 20.6. The monoisotopic (exact) mass is 349 g/mol. The number of urea groups is 1. The van der Waals surface area contributed by atoms with Crippen LogP contribution in [-0.2, 0) is 4.74 Å². The number of rotatable bonds is 4. The van der Waals surface area contributed by atoms with E-state index < -0.39 is 0 Å². The molecule has 130 valence electrons. The first kappa shape index (κ1) is 17.0. The number of hydrogen-bond donors (Lipinski definition) is 1. The lowest BCUT2D eigenvalue weighted by molar-refractivity contribution is 0.0531. The minimum absolute atomic E-state index is 0.0960. The molecule has 3 rings (SSSR count). The van der Waals surface area contributed by atoms with E-state index in [1.807, 2.05) is 17.9 Å². The summed E-state index contributed by atoms with van der Waals surface area (Å²) in [7, 11) is 0. The van der Waals surface area contributed by atoms with Crippen molar-refractivity contribution in [1.29, 1.82) is 0 Å². The molecule has 2 aliphatic heterocycles. The van der Waals surface area contributed by atoms with Crippen LogP contribution in [0.3, 0.4) is 0 Å². The van der Waals surface area contributed by atoms with Crippen molar-refractivity contribution in [3.63, 3.8) is 0 Å². The van der Waals surface area contributed by atoms with Crippen LogP contribution in [-0.4, -0.2) is 60.6 Å². The number of ether oxygens (including phenoxy) is 1. The number of carbonyl (C=O) groups excluding carboxylic acids is 2. The van der Waals surface area contributed by atoms with Gasteiger partial charge in [0.05, 0.1) is 11.6 Å². The molecule has 24 heavy (non-hydrogen) atoms. The van der Waals surface area contributed by atoms with E-state index in [4.69, 9.17) is 4.74 Å². The van der Waals surface area contributed by atoms with Crippen LogP contribution in [0.15, 0.2) is 18.2 Å². The van der Waals surface area contributed by atoms with Crippen molar-refractivity contribution in [2.75, 3.05) is 38.1 Å². The molecule has 1 N–H and O–H groups in total. The third kappa shape index (κ3) is 3.62. The molecule has 3 heterocycles. The molecule has 0 unspecified atom stereocenters. The summed E-state index contributed by atoms with van der Waals surface area (Å²) in [5.41, 5.74) is 0.830. The maximum atomic E-state index is 12.5. The zero-order valence-corrected chi connectivity index (χ0v) is 14.9. The Kier molecular flexibility index (Phi) is 5.20. The second-order valence-corrected chi connectivity index (χ2v) is 7.14. The molecular formula is C17H23N3O3S. The quantitative estimate of drug-likeness (QED) is 0.671. The molecule has 1 atom stereocenters. The van der Waals surface area contributed by atoms with Crippen LogP contribution in [0.2, 0.25) is 0 Å². The summed E-state index contributed by atoms with van der Waals surface area (Å²) in [4.78, 5) is 29.1. The first-order valence-corrected chi connectivity index (χ1v) is 9.12. The largest absolute Gasteiger partial charge is 0.462 e. The molecule has 7 heteroatoms. The molecule has 1 fully saturated rings. The SMILES string of the molecule is CCOC(=O)c1sc(NC(=O)N2CC[C@H](N3CC=CC3)C2)cc1C. The number of thiophene rings is 1. The number of nitrogens with one attached hydrogen (secondary N) is 1. The summed E-state index contributed by atoms with van der Waals surface area (Å²) in [6, 6.07) is 2.17. The highest BCUT2D eigenvalue weighted by molar-refractivity contribution is 7.18. The maximum Gasteiger partial charge on any atom is 0.348 e. The van der Waals surface area contributed by atoms with E-state index in [0.29, 0.717) is 22.5 Å². The zero-order chi connectivity index (χ0) is 17.1. The van der Waals surface area contributed by atoms with E-state index in [0.717, 1.165) is 38.2 Å². The molecule has 1 saturated heterocycles. The summed E-state index contributed by atoms with van der Waals surface area (Å²) < 4.78 is 5.03. The van der Waals surface area contributed by atoms with Crippen LogP contribution < -0.4 is 5.32 Å². The highest BCUT2D eigenvalue weighted by Crippen LogP contribution is 2.28. The van der Waals surface area contributed by atoms with E-state index in [2.05, 4.69) is 22.4 Å². The fraction of sp³-hybridized carbons (Fsp3) is 0.529. The molecule has 0 spiro atoms. The van der Waals surface area contributed by atoms with Crippen LogP contribution in [0, 0.1) is 6.92 Å². The van der Waals surface area contributed by atoms with Gasteiger partial charge in [0, 0.05) is 32.2 Å². The van der Waals surface area contributed by atoms with Crippen molar-refractivity contribution in [2.24, 2.45) is 0 Å². The maximum absolute atomic E-state index is 12.5. The average molecular weight is 349 g/mol. The Balaban J connectivity index is 1.57. The van der Waals surface area contributed by atoms with Gasteiger partial charge in [-0.15, -0.1) is 11.3 Å². The van der Waals surface area contributed by atoms with Gasteiger partial charge in [-0.05, 0) is 31.9 Å². The number of hydrogen-bond acceptors (Lipinski definition) is 5. The van der Waals surface area contributed by atoms with Crippen LogP contribution >= 0.6 is 11.3 Å². The van der Waals surface area contributed by atoms with Crippen LogP contribution in [0.25, 0.3) is 0 Å². The van der Waals surface area contributed by atoms with E-state index in [1.54, 1.807) is 6.92 Å². The second kappa shape index (κ2) is 7.36. The molecule has 0 bridgehead atoms. The lowest BCUT2D eigenvalue weighted by Crippen LogP contribution is -2.38. The van der Waals surface area contributed by atoms with Gasteiger partial charge >= 0.3 is 12.0 Å². The fourth-order valence-corrected chi connectivity index (χ4v) is 4.10. The van der Waals surface area contributed by atoms with E-state index in [9.17, 15) is 9.59 Å². The van der Waals surface area contributed by atoms with Crippen molar-refractivity contribution in [3.8, 4) is 0 Å². The van der Waals surface area contributed by atoms with Crippen LogP contribution in [0.4, 0.5) is 9.80 Å². The Morgan fingerprint density at radius 3 is 2.83 bits per heavy atom. The topological polar surface area (TPSA) is 61.9 Å². The van der Waals surface area contributed by atoms with Gasteiger partial charge in [-0.25, -0.2) is 9.59 Å². The second-order valence-electron chi connectivity index (χ2n) is 6.09. The number of nitrogens with zero attached hydrogens (tertiary/aromatic N) is 2. The van der Waals surface area contributed by atoms with Crippen molar-refractivity contribution >= 4 is 28.3 Å². The Morgan fingerprint density at radius 1 is 1.38 bits per heavy atom. The number of aryl methyl sites for hydroxylation is 1. The first-order valence-electron chi connectivity index (χ1n) is 8.31. The standard InChI is InChI=1S/C17H23N3O3S/c1-3-23-16(21)15-12(2)10-14(24-15)18-17(22)20-9-6-13(11-20)19-7-4-5-8-19/h4-5,10,13H,3,6-9,11H2,1-2H3,(H,18,22)/t13-/m0/s1. The average Bonchev–Trinajstić information content (AvgIpc) is 3.27. The number of carbonyl (C=O) groups is 2. The Bertz CT molecular complexity index is 648. The fourth-order valence-electron chi connectivity index (χ4n) is 3.14. The summed E-state index contributed by atoms with van der Waals surface area (Å²) in [6.07, 6.45) is 5.36. The van der Waals surface area contributed by atoms with Gasteiger partial charge in [-0.1, -0.05) is 12.2 Å². The summed E-state index contributed by atoms with van der Waals surface area (Å²) in [5.74, 6) is -0.330. The molecule has 1 aromatic rings. The van der Waals surface area contributed by atoms with Gasteiger partial charge in [0.15, 0.2) is 0 Å². The van der Waals surface area contributed by atoms with Gasteiger partial charge in [0.2, 0.25) is 0 Å². The smallest absolute Gasteiger partial charge is 0.348 e. The predicted octanol–water partition coefficient (Wildman–Crippen LogP) is 2.71. The van der Waals surface area contributed by atoms with Gasteiger partial charge in [0.1, 0.15) is 4.88 Å². The molecule has 1 aromatic heterocycles. The van der Waals surface area contributed by atoms with Gasteiger partial charge < -0.3 is 9.64 Å². The Morgan fingerprint density at radius 2 is 2.12 bits per heavy atom. The molecule has 0 saturated carbocycles.